The fourth-order valence-electron chi connectivity index (χ4n) is 4.40. The molecule has 3 aliphatic rings. The molecule has 1 aromatic rings. The third kappa shape index (κ3) is 1.70. The summed E-state index contributed by atoms with van der Waals surface area (Å²) in [6, 6.07) is 7.62. The molecule has 2 aliphatic carbocycles. The van der Waals surface area contributed by atoms with Crippen LogP contribution in [0.25, 0.3) is 0 Å². The van der Waals surface area contributed by atoms with E-state index in [1.165, 1.54) is 4.90 Å². The Balaban J connectivity index is 1.77. The van der Waals surface area contributed by atoms with E-state index in [1.807, 2.05) is 31.2 Å². The summed E-state index contributed by atoms with van der Waals surface area (Å²) >= 11 is 7.41. The fraction of sp³-hybridized carbons (Fsp3) is 0.500. The normalized spacial score (nSPS) is 41.0. The van der Waals surface area contributed by atoms with E-state index in [9.17, 15) is 9.59 Å². The van der Waals surface area contributed by atoms with E-state index in [-0.39, 0.29) is 45.1 Å². The van der Waals surface area contributed by atoms with Crippen LogP contribution in [0.1, 0.15) is 12.0 Å². The highest BCUT2D eigenvalue weighted by atomic mass is 79.9. The van der Waals surface area contributed by atoms with Crippen molar-refractivity contribution in [3.63, 3.8) is 0 Å². The summed E-state index contributed by atoms with van der Waals surface area (Å²) in [5, 5.41) is 0. The number of nitrogens with zero attached hydrogens (tertiary/aromatic N) is 1. The summed E-state index contributed by atoms with van der Waals surface area (Å²) in [7, 11) is 0. The lowest BCUT2D eigenvalue weighted by atomic mass is 9.81. The third-order valence-electron chi connectivity index (χ3n) is 5.34. The molecule has 1 aromatic carbocycles. The van der Waals surface area contributed by atoms with Gasteiger partial charge in [0.1, 0.15) is 0 Å². The predicted octanol–water partition coefficient (Wildman–Crippen LogP) is 3.28. The number of hydrogen-bond acceptors (Lipinski definition) is 2. The van der Waals surface area contributed by atoms with Crippen LogP contribution in [-0.2, 0) is 9.59 Å². The molecule has 3 nitrogen and oxygen atoms in total. The Kier molecular flexibility index (Phi) is 3.09. The average molecular weight is 413 g/mol. The van der Waals surface area contributed by atoms with Crippen molar-refractivity contribution in [3.05, 3.63) is 29.8 Å². The standard InChI is InChI=1S/C16H15Br2NO2/c1-7-4-2-3-5-10(7)19-15(20)11-8-6-9(12(11)16(19)21)14(18)13(8)17/h2-5,8-9,11-14H,6H2,1H3/t8-,9-,11-,12+,13-,14+/m0/s1. The number of alkyl halides is 2. The number of imide groups is 1. The van der Waals surface area contributed by atoms with Crippen LogP contribution in [0.15, 0.2) is 24.3 Å². The number of benzene rings is 1. The lowest BCUT2D eigenvalue weighted by molar-refractivity contribution is -0.123. The second kappa shape index (κ2) is 4.66. The molecule has 0 aromatic heterocycles. The van der Waals surface area contributed by atoms with Crippen LogP contribution in [0.2, 0.25) is 0 Å². The Morgan fingerprint density at radius 3 is 2.05 bits per heavy atom. The zero-order valence-corrected chi connectivity index (χ0v) is 14.7. The number of para-hydroxylation sites is 1. The first-order valence-corrected chi connectivity index (χ1v) is 9.07. The number of amides is 2. The summed E-state index contributed by atoms with van der Waals surface area (Å²) < 4.78 is 0. The Bertz CT molecular complexity index is 615. The minimum Gasteiger partial charge on any atom is -0.274 e. The van der Waals surface area contributed by atoms with Crippen LogP contribution in [-0.4, -0.2) is 21.5 Å². The summed E-state index contributed by atoms with van der Waals surface area (Å²) in [5.74, 6) is 0.261. The van der Waals surface area contributed by atoms with Crippen LogP contribution in [0.3, 0.4) is 0 Å². The minimum absolute atomic E-state index is 0.00403. The van der Waals surface area contributed by atoms with E-state index in [0.717, 1.165) is 17.7 Å². The van der Waals surface area contributed by atoms with Gasteiger partial charge < -0.3 is 0 Å². The van der Waals surface area contributed by atoms with Crippen LogP contribution in [0, 0.1) is 30.6 Å². The van der Waals surface area contributed by atoms with Crippen LogP contribution >= 0.6 is 31.9 Å². The molecule has 3 fully saturated rings. The Hall–Kier alpha value is -0.680. The molecule has 2 bridgehead atoms. The van der Waals surface area contributed by atoms with Gasteiger partial charge >= 0.3 is 0 Å². The highest BCUT2D eigenvalue weighted by molar-refractivity contribution is 9.12. The van der Waals surface area contributed by atoms with Gasteiger partial charge in [-0.1, -0.05) is 50.1 Å². The molecule has 110 valence electrons. The zero-order valence-electron chi connectivity index (χ0n) is 11.5. The predicted molar refractivity (Wildman–Crippen MR) is 87.7 cm³/mol. The number of aryl methyl sites for hydroxylation is 1. The van der Waals surface area contributed by atoms with Crippen molar-refractivity contribution in [3.8, 4) is 0 Å². The van der Waals surface area contributed by atoms with Crippen molar-refractivity contribution in [1.29, 1.82) is 0 Å². The van der Waals surface area contributed by atoms with E-state index in [4.69, 9.17) is 0 Å². The smallest absolute Gasteiger partial charge is 0.238 e. The summed E-state index contributed by atoms with van der Waals surface area (Å²) in [6.45, 7) is 1.94. The number of carbonyl (C=O) groups excluding carboxylic acids is 2. The van der Waals surface area contributed by atoms with Gasteiger partial charge in [0.05, 0.1) is 17.5 Å². The maximum absolute atomic E-state index is 12.9. The molecule has 0 radical (unpaired) electrons. The van der Waals surface area contributed by atoms with Crippen LogP contribution < -0.4 is 4.90 Å². The average Bonchev–Trinajstić information content (AvgIpc) is 3.06. The van der Waals surface area contributed by atoms with Gasteiger partial charge in [0.2, 0.25) is 11.8 Å². The monoisotopic (exact) mass is 411 g/mol. The molecular weight excluding hydrogens is 398 g/mol. The van der Waals surface area contributed by atoms with Crippen molar-refractivity contribution < 1.29 is 9.59 Å². The minimum atomic E-state index is -0.139. The second-order valence-electron chi connectivity index (χ2n) is 6.30. The molecule has 1 heterocycles. The van der Waals surface area contributed by atoms with Crippen LogP contribution in [0.5, 0.6) is 0 Å². The molecule has 1 aliphatic heterocycles. The Morgan fingerprint density at radius 1 is 1.00 bits per heavy atom. The Morgan fingerprint density at radius 2 is 1.52 bits per heavy atom. The molecule has 0 unspecified atom stereocenters. The van der Waals surface area contributed by atoms with Crippen molar-refractivity contribution in [1.82, 2.24) is 0 Å². The van der Waals surface area contributed by atoms with Crippen molar-refractivity contribution in [2.45, 2.75) is 23.0 Å². The first kappa shape index (κ1) is 13.9. The molecule has 4 rings (SSSR count). The van der Waals surface area contributed by atoms with Gasteiger partial charge in [0, 0.05) is 9.65 Å². The van der Waals surface area contributed by atoms with Crippen molar-refractivity contribution in [2.24, 2.45) is 23.7 Å². The number of anilines is 1. The second-order valence-corrected chi connectivity index (χ2v) is 8.42. The molecular formula is C16H15Br2NO2. The fourth-order valence-corrected chi connectivity index (χ4v) is 6.27. The number of carbonyl (C=O) groups is 2. The summed E-state index contributed by atoms with van der Waals surface area (Å²) in [5.41, 5.74) is 1.72. The molecule has 1 saturated heterocycles. The van der Waals surface area contributed by atoms with Crippen LogP contribution in [0.4, 0.5) is 5.69 Å². The lowest BCUT2D eigenvalue weighted by Gasteiger charge is -2.28. The maximum atomic E-state index is 12.9. The van der Waals surface area contributed by atoms with Gasteiger partial charge in [0.25, 0.3) is 0 Å². The van der Waals surface area contributed by atoms with Gasteiger partial charge in [-0.25, -0.2) is 4.90 Å². The number of fused-ring (bicyclic) bond motifs is 5. The molecule has 5 heteroatoms. The highest BCUT2D eigenvalue weighted by Gasteiger charge is 2.66. The largest absolute Gasteiger partial charge is 0.274 e. The maximum Gasteiger partial charge on any atom is 0.238 e. The van der Waals surface area contributed by atoms with E-state index in [0.29, 0.717) is 0 Å². The number of halogens is 2. The van der Waals surface area contributed by atoms with E-state index >= 15 is 0 Å². The van der Waals surface area contributed by atoms with Gasteiger partial charge in [0.15, 0.2) is 0 Å². The van der Waals surface area contributed by atoms with Crippen molar-refractivity contribution in [2.75, 3.05) is 4.90 Å². The molecule has 2 amide bonds. The number of rotatable bonds is 1. The third-order valence-corrected chi connectivity index (χ3v) is 8.55. The molecule has 6 atom stereocenters. The van der Waals surface area contributed by atoms with E-state index in [2.05, 4.69) is 31.9 Å². The van der Waals surface area contributed by atoms with Crippen molar-refractivity contribution >= 4 is 49.4 Å². The SMILES string of the molecule is Cc1ccccc1N1C(=O)[C@@H]2[C@@H]3C[C@H]([C@H](Br)[C@@H]3Br)[C@@H]2C1=O. The molecule has 0 N–H and O–H groups in total. The first-order valence-electron chi connectivity index (χ1n) is 7.24. The quantitative estimate of drug-likeness (QED) is 0.524. The van der Waals surface area contributed by atoms with Gasteiger partial charge in [-0.2, -0.15) is 0 Å². The van der Waals surface area contributed by atoms with Gasteiger partial charge in [-0.05, 0) is 36.8 Å². The molecule has 2 saturated carbocycles. The summed E-state index contributed by atoms with van der Waals surface area (Å²) in [6.07, 6.45) is 0.972. The lowest BCUT2D eigenvalue weighted by Crippen LogP contribution is -2.37. The van der Waals surface area contributed by atoms with E-state index in [1.54, 1.807) is 0 Å². The van der Waals surface area contributed by atoms with Gasteiger partial charge in [-0.15, -0.1) is 0 Å². The Labute approximate surface area is 140 Å². The topological polar surface area (TPSA) is 37.4 Å². The first-order chi connectivity index (χ1) is 10.0. The summed E-state index contributed by atoms with van der Waals surface area (Å²) in [4.78, 5) is 27.7. The molecule has 21 heavy (non-hydrogen) atoms. The highest BCUT2D eigenvalue weighted by Crippen LogP contribution is 2.60. The molecule has 0 spiro atoms. The zero-order chi connectivity index (χ0) is 14.9. The van der Waals surface area contributed by atoms with E-state index < -0.39 is 0 Å². The number of hydrogen-bond donors (Lipinski definition) is 0. The van der Waals surface area contributed by atoms with Gasteiger partial charge in [-0.3, -0.25) is 9.59 Å².